The standard InChI is InChI=1S/C30H37N3O4S/c1-5-24(3)31-30(35)25(4)32(21-20-26-12-8-6-9-13-26)29(34)22-33(27-18-16-23(2)17-19-27)38(36,37)28-14-10-7-11-15-28/h6-19,24-25H,5,20-22H2,1-4H3,(H,31,35)/t24-,25-/m0/s1. The number of rotatable bonds is 12. The summed E-state index contributed by atoms with van der Waals surface area (Å²) in [5.41, 5.74) is 2.37. The molecule has 0 fully saturated rings. The zero-order chi connectivity index (χ0) is 27.7. The third-order valence-electron chi connectivity index (χ3n) is 6.58. The van der Waals surface area contributed by atoms with Crippen LogP contribution in [0.2, 0.25) is 0 Å². The topological polar surface area (TPSA) is 86.8 Å². The summed E-state index contributed by atoms with van der Waals surface area (Å²) < 4.78 is 28.6. The van der Waals surface area contributed by atoms with Crippen molar-refractivity contribution in [1.82, 2.24) is 10.2 Å². The van der Waals surface area contributed by atoms with Crippen LogP contribution in [0.4, 0.5) is 5.69 Å². The van der Waals surface area contributed by atoms with E-state index in [1.54, 1.807) is 37.3 Å². The molecule has 3 rings (SSSR count). The molecule has 0 aromatic heterocycles. The van der Waals surface area contributed by atoms with Crippen LogP contribution < -0.4 is 9.62 Å². The van der Waals surface area contributed by atoms with Gasteiger partial charge < -0.3 is 10.2 Å². The lowest BCUT2D eigenvalue weighted by Crippen LogP contribution is -2.53. The molecule has 0 unspecified atom stereocenters. The third kappa shape index (κ3) is 7.44. The lowest BCUT2D eigenvalue weighted by molar-refractivity contribution is -0.139. The Morgan fingerprint density at radius 1 is 0.868 bits per heavy atom. The fraction of sp³-hybridized carbons (Fsp3) is 0.333. The maximum Gasteiger partial charge on any atom is 0.264 e. The van der Waals surface area contributed by atoms with E-state index < -0.39 is 28.5 Å². The molecule has 0 heterocycles. The van der Waals surface area contributed by atoms with Crippen molar-refractivity contribution in [3.05, 3.63) is 96.1 Å². The summed E-state index contributed by atoms with van der Waals surface area (Å²) in [6, 6.07) is 23.9. The molecule has 0 aliphatic rings. The van der Waals surface area contributed by atoms with E-state index >= 15 is 0 Å². The molecule has 0 aliphatic carbocycles. The minimum atomic E-state index is -4.05. The molecule has 0 aliphatic heterocycles. The molecule has 3 aromatic rings. The number of carbonyl (C=O) groups is 2. The number of amides is 2. The van der Waals surface area contributed by atoms with Crippen LogP contribution in [-0.2, 0) is 26.0 Å². The lowest BCUT2D eigenvalue weighted by atomic mass is 10.1. The smallest absolute Gasteiger partial charge is 0.264 e. The highest BCUT2D eigenvalue weighted by molar-refractivity contribution is 7.92. The van der Waals surface area contributed by atoms with Gasteiger partial charge in [-0.25, -0.2) is 8.42 Å². The highest BCUT2D eigenvalue weighted by Gasteiger charge is 2.32. The largest absolute Gasteiger partial charge is 0.352 e. The molecule has 8 heteroatoms. The van der Waals surface area contributed by atoms with Crippen molar-refractivity contribution in [2.75, 3.05) is 17.4 Å². The number of aryl methyl sites for hydroxylation is 1. The van der Waals surface area contributed by atoms with Gasteiger partial charge >= 0.3 is 0 Å². The van der Waals surface area contributed by atoms with Crippen LogP contribution in [0.25, 0.3) is 0 Å². The number of hydrogen-bond donors (Lipinski definition) is 1. The molecule has 1 N–H and O–H groups in total. The van der Waals surface area contributed by atoms with Gasteiger partial charge in [0.2, 0.25) is 11.8 Å². The zero-order valence-corrected chi connectivity index (χ0v) is 23.3. The molecule has 202 valence electrons. The number of benzene rings is 3. The first-order valence-corrected chi connectivity index (χ1v) is 14.4. The minimum Gasteiger partial charge on any atom is -0.352 e. The van der Waals surface area contributed by atoms with E-state index in [1.807, 2.05) is 63.2 Å². The first kappa shape index (κ1) is 28.9. The number of nitrogens with zero attached hydrogens (tertiary/aromatic N) is 2. The number of sulfonamides is 1. The molecule has 0 saturated heterocycles. The zero-order valence-electron chi connectivity index (χ0n) is 22.5. The predicted octanol–water partition coefficient (Wildman–Crippen LogP) is 4.56. The van der Waals surface area contributed by atoms with E-state index in [1.165, 1.54) is 17.0 Å². The molecule has 0 bridgehead atoms. The van der Waals surface area contributed by atoms with Gasteiger partial charge in [-0.05, 0) is 63.4 Å². The van der Waals surface area contributed by atoms with E-state index in [0.29, 0.717) is 12.1 Å². The van der Waals surface area contributed by atoms with Gasteiger partial charge in [0.15, 0.2) is 0 Å². The number of anilines is 1. The van der Waals surface area contributed by atoms with Crippen molar-refractivity contribution in [1.29, 1.82) is 0 Å². The van der Waals surface area contributed by atoms with Crippen molar-refractivity contribution in [3.8, 4) is 0 Å². The summed E-state index contributed by atoms with van der Waals surface area (Å²) in [5.74, 6) is -0.721. The Morgan fingerprint density at radius 3 is 2.03 bits per heavy atom. The summed E-state index contributed by atoms with van der Waals surface area (Å²) in [6.07, 6.45) is 1.29. The summed E-state index contributed by atoms with van der Waals surface area (Å²) in [7, 11) is -4.05. The number of nitrogens with one attached hydrogen (secondary N) is 1. The Hall–Kier alpha value is -3.65. The van der Waals surface area contributed by atoms with Crippen molar-refractivity contribution in [3.63, 3.8) is 0 Å². The maximum atomic E-state index is 13.8. The SMILES string of the molecule is CC[C@H](C)NC(=O)[C@H](C)N(CCc1ccccc1)C(=O)CN(c1ccc(C)cc1)S(=O)(=O)c1ccccc1. The second kappa shape index (κ2) is 13.2. The molecule has 2 amide bonds. The van der Waals surface area contributed by atoms with Crippen LogP contribution in [0, 0.1) is 6.92 Å². The summed E-state index contributed by atoms with van der Waals surface area (Å²) in [6.45, 7) is 7.31. The first-order valence-electron chi connectivity index (χ1n) is 12.9. The highest BCUT2D eigenvalue weighted by Crippen LogP contribution is 2.24. The fourth-order valence-electron chi connectivity index (χ4n) is 4.00. The molecule has 0 spiro atoms. The maximum absolute atomic E-state index is 13.8. The van der Waals surface area contributed by atoms with Crippen LogP contribution in [0.3, 0.4) is 0 Å². The molecular formula is C30H37N3O4S. The predicted molar refractivity (Wildman–Crippen MR) is 151 cm³/mol. The van der Waals surface area contributed by atoms with Crippen molar-refractivity contribution in [2.45, 2.75) is 57.5 Å². The fourth-order valence-corrected chi connectivity index (χ4v) is 5.43. The highest BCUT2D eigenvalue weighted by atomic mass is 32.2. The molecule has 0 saturated carbocycles. The second-order valence-corrected chi connectivity index (χ2v) is 11.3. The minimum absolute atomic E-state index is 0.0430. The van der Waals surface area contributed by atoms with Gasteiger partial charge in [0, 0.05) is 12.6 Å². The van der Waals surface area contributed by atoms with Gasteiger partial charge in [-0.3, -0.25) is 13.9 Å². The van der Waals surface area contributed by atoms with Crippen molar-refractivity contribution >= 4 is 27.5 Å². The van der Waals surface area contributed by atoms with E-state index in [9.17, 15) is 18.0 Å². The Labute approximate surface area is 226 Å². The van der Waals surface area contributed by atoms with Crippen LogP contribution in [0.1, 0.15) is 38.3 Å². The Balaban J connectivity index is 1.95. The molecule has 2 atom stereocenters. The first-order chi connectivity index (χ1) is 18.1. The van der Waals surface area contributed by atoms with Crippen LogP contribution in [0.15, 0.2) is 89.8 Å². The summed E-state index contributed by atoms with van der Waals surface area (Å²) >= 11 is 0. The van der Waals surface area contributed by atoms with Crippen molar-refractivity contribution in [2.24, 2.45) is 0 Å². The third-order valence-corrected chi connectivity index (χ3v) is 8.37. The Morgan fingerprint density at radius 2 is 1.45 bits per heavy atom. The average Bonchev–Trinajstić information content (AvgIpc) is 2.93. The van der Waals surface area contributed by atoms with Gasteiger partial charge in [0.1, 0.15) is 12.6 Å². The number of hydrogen-bond acceptors (Lipinski definition) is 4. The van der Waals surface area contributed by atoms with Gasteiger partial charge in [-0.15, -0.1) is 0 Å². The van der Waals surface area contributed by atoms with Gasteiger partial charge in [-0.1, -0.05) is 73.2 Å². The quantitative estimate of drug-likeness (QED) is 0.368. The molecular weight excluding hydrogens is 498 g/mol. The van der Waals surface area contributed by atoms with Crippen LogP contribution >= 0.6 is 0 Å². The van der Waals surface area contributed by atoms with E-state index in [-0.39, 0.29) is 23.4 Å². The number of carbonyl (C=O) groups excluding carboxylic acids is 2. The van der Waals surface area contributed by atoms with Crippen molar-refractivity contribution < 1.29 is 18.0 Å². The van der Waals surface area contributed by atoms with E-state index in [2.05, 4.69) is 5.32 Å². The summed E-state index contributed by atoms with van der Waals surface area (Å²) in [4.78, 5) is 28.4. The molecule has 0 radical (unpaired) electrons. The summed E-state index contributed by atoms with van der Waals surface area (Å²) in [5, 5.41) is 2.95. The van der Waals surface area contributed by atoms with Crippen LogP contribution in [-0.4, -0.2) is 50.3 Å². The monoisotopic (exact) mass is 535 g/mol. The van der Waals surface area contributed by atoms with Gasteiger partial charge in [0.05, 0.1) is 10.6 Å². The Kier molecular flexibility index (Phi) is 10.1. The molecule has 7 nitrogen and oxygen atoms in total. The average molecular weight is 536 g/mol. The normalized spacial score (nSPS) is 12.8. The molecule has 3 aromatic carbocycles. The van der Waals surface area contributed by atoms with E-state index in [4.69, 9.17) is 0 Å². The van der Waals surface area contributed by atoms with Crippen LogP contribution in [0.5, 0.6) is 0 Å². The second-order valence-electron chi connectivity index (χ2n) is 9.48. The molecule has 38 heavy (non-hydrogen) atoms. The van der Waals surface area contributed by atoms with Gasteiger partial charge in [-0.2, -0.15) is 0 Å². The lowest BCUT2D eigenvalue weighted by Gasteiger charge is -2.32. The van der Waals surface area contributed by atoms with Gasteiger partial charge in [0.25, 0.3) is 10.0 Å². The van der Waals surface area contributed by atoms with E-state index in [0.717, 1.165) is 21.9 Å². The Bertz CT molecular complexity index is 1300.